The van der Waals surface area contributed by atoms with Crippen LogP contribution in [0.25, 0.3) is 0 Å². The van der Waals surface area contributed by atoms with Crippen molar-refractivity contribution in [2.24, 2.45) is 5.92 Å². The van der Waals surface area contributed by atoms with Crippen LogP contribution in [0, 0.1) is 18.7 Å². The lowest BCUT2D eigenvalue weighted by Gasteiger charge is -2.31. The summed E-state index contributed by atoms with van der Waals surface area (Å²) in [5, 5.41) is 2.91. The molecule has 0 bridgehead atoms. The Balaban J connectivity index is 1.30. The predicted molar refractivity (Wildman–Crippen MR) is 131 cm³/mol. The highest BCUT2D eigenvalue weighted by atomic mass is 32.2. The number of benzene rings is 3. The third-order valence-corrected chi connectivity index (χ3v) is 7.48. The fraction of sp³-hybridized carbons (Fsp3) is 0.269. The summed E-state index contributed by atoms with van der Waals surface area (Å²) in [4.78, 5) is 15.1. The Bertz CT molecular complexity index is 1240. The molecule has 4 rings (SSSR count). The van der Waals surface area contributed by atoms with Crippen molar-refractivity contribution in [3.05, 3.63) is 89.7 Å². The molecule has 0 radical (unpaired) electrons. The number of aryl methyl sites for hydroxylation is 1. The summed E-state index contributed by atoms with van der Waals surface area (Å²) >= 11 is 0. The van der Waals surface area contributed by atoms with E-state index in [9.17, 15) is 17.6 Å². The van der Waals surface area contributed by atoms with Crippen molar-refractivity contribution in [3.63, 3.8) is 0 Å². The molecule has 0 unspecified atom stereocenters. The van der Waals surface area contributed by atoms with Crippen LogP contribution in [0.3, 0.4) is 0 Å². The van der Waals surface area contributed by atoms with Gasteiger partial charge in [-0.25, -0.2) is 12.8 Å². The number of likely N-dealkylation sites (tertiary alicyclic amines) is 1. The maximum absolute atomic E-state index is 13.1. The Hall–Kier alpha value is -3.23. The maximum atomic E-state index is 13.1. The third-order valence-electron chi connectivity index (χ3n) is 6.10. The van der Waals surface area contributed by atoms with Gasteiger partial charge in [0.1, 0.15) is 5.82 Å². The predicted octanol–water partition coefficient (Wildman–Crippen LogP) is 4.79. The zero-order valence-corrected chi connectivity index (χ0v) is 19.8. The number of anilines is 2. The fourth-order valence-corrected chi connectivity index (χ4v) is 5.18. The lowest BCUT2D eigenvalue weighted by molar-refractivity contribution is -0.121. The zero-order valence-electron chi connectivity index (χ0n) is 19.0. The van der Waals surface area contributed by atoms with Crippen LogP contribution < -0.4 is 10.0 Å². The molecule has 3 aromatic rings. The number of piperidine rings is 1. The van der Waals surface area contributed by atoms with E-state index in [1.54, 1.807) is 36.4 Å². The van der Waals surface area contributed by atoms with Crippen LogP contribution in [-0.4, -0.2) is 32.3 Å². The minimum Gasteiger partial charge on any atom is -0.326 e. The SMILES string of the molecule is Cc1ccccc1NS(=O)(=O)c1ccc(NC(=O)C2CCN(Cc3ccc(F)cc3)CC2)cc1. The molecule has 0 spiro atoms. The van der Waals surface area contributed by atoms with Gasteiger partial charge in [0.15, 0.2) is 0 Å². The summed E-state index contributed by atoms with van der Waals surface area (Å²) in [6.07, 6.45) is 1.47. The molecule has 1 heterocycles. The molecule has 34 heavy (non-hydrogen) atoms. The lowest BCUT2D eigenvalue weighted by atomic mass is 9.95. The van der Waals surface area contributed by atoms with E-state index in [0.29, 0.717) is 11.4 Å². The van der Waals surface area contributed by atoms with Gasteiger partial charge in [-0.1, -0.05) is 30.3 Å². The molecule has 1 aliphatic heterocycles. The number of para-hydroxylation sites is 1. The van der Waals surface area contributed by atoms with Crippen molar-refractivity contribution in [3.8, 4) is 0 Å². The van der Waals surface area contributed by atoms with Crippen LogP contribution >= 0.6 is 0 Å². The maximum Gasteiger partial charge on any atom is 0.261 e. The van der Waals surface area contributed by atoms with E-state index in [1.807, 2.05) is 19.1 Å². The van der Waals surface area contributed by atoms with Gasteiger partial charge < -0.3 is 5.32 Å². The molecule has 2 N–H and O–H groups in total. The van der Waals surface area contributed by atoms with Gasteiger partial charge in [-0.2, -0.15) is 0 Å². The minimum atomic E-state index is -3.72. The minimum absolute atomic E-state index is 0.0601. The van der Waals surface area contributed by atoms with Gasteiger partial charge in [0.05, 0.1) is 10.6 Å². The van der Waals surface area contributed by atoms with Crippen LogP contribution in [0.4, 0.5) is 15.8 Å². The number of nitrogens with one attached hydrogen (secondary N) is 2. The molecular weight excluding hydrogens is 453 g/mol. The number of nitrogens with zero attached hydrogens (tertiary/aromatic N) is 1. The first kappa shape index (κ1) is 23.9. The number of rotatable bonds is 7. The first-order valence-electron chi connectivity index (χ1n) is 11.3. The van der Waals surface area contributed by atoms with E-state index in [-0.39, 0.29) is 22.5 Å². The van der Waals surface area contributed by atoms with Crippen molar-refractivity contribution >= 4 is 27.3 Å². The average molecular weight is 482 g/mol. The first-order chi connectivity index (χ1) is 16.3. The number of carbonyl (C=O) groups excluding carboxylic acids is 1. The van der Waals surface area contributed by atoms with Crippen LogP contribution in [0.15, 0.2) is 77.7 Å². The van der Waals surface area contributed by atoms with E-state index in [0.717, 1.165) is 43.6 Å². The molecule has 0 aliphatic carbocycles. The van der Waals surface area contributed by atoms with Gasteiger partial charge in [0.2, 0.25) is 5.91 Å². The fourth-order valence-electron chi connectivity index (χ4n) is 4.05. The summed E-state index contributed by atoms with van der Waals surface area (Å²) in [6, 6.07) is 19.9. The molecule has 6 nitrogen and oxygen atoms in total. The number of sulfonamides is 1. The third kappa shape index (κ3) is 6.01. The smallest absolute Gasteiger partial charge is 0.261 e. The highest BCUT2D eigenvalue weighted by molar-refractivity contribution is 7.92. The monoisotopic (exact) mass is 481 g/mol. The number of carbonyl (C=O) groups is 1. The van der Waals surface area contributed by atoms with Crippen molar-refractivity contribution in [2.45, 2.75) is 31.2 Å². The molecule has 1 amide bonds. The second-order valence-electron chi connectivity index (χ2n) is 8.61. The lowest BCUT2D eigenvalue weighted by Crippen LogP contribution is -2.37. The highest BCUT2D eigenvalue weighted by Crippen LogP contribution is 2.23. The van der Waals surface area contributed by atoms with Crippen LogP contribution in [0.1, 0.15) is 24.0 Å². The molecule has 1 fully saturated rings. The standard InChI is InChI=1S/C26H28FN3O3S/c1-19-4-2-3-5-25(19)29-34(32,33)24-12-10-23(11-13-24)28-26(31)21-14-16-30(17-15-21)18-20-6-8-22(27)9-7-20/h2-13,21,29H,14-18H2,1H3,(H,28,31). The average Bonchev–Trinajstić information content (AvgIpc) is 2.83. The number of hydrogen-bond donors (Lipinski definition) is 2. The van der Waals surface area contributed by atoms with Crippen LogP contribution in [0.5, 0.6) is 0 Å². The van der Waals surface area contributed by atoms with Crippen molar-refractivity contribution in [1.29, 1.82) is 0 Å². The Kier molecular flexibility index (Phi) is 7.29. The Morgan fingerprint density at radius 2 is 1.62 bits per heavy atom. The number of hydrogen-bond acceptors (Lipinski definition) is 4. The Labute approximate surface area is 199 Å². The van der Waals surface area contributed by atoms with Gasteiger partial charge in [-0.15, -0.1) is 0 Å². The van der Waals surface area contributed by atoms with Crippen molar-refractivity contribution in [2.75, 3.05) is 23.1 Å². The second-order valence-corrected chi connectivity index (χ2v) is 10.3. The number of halogens is 1. The summed E-state index contributed by atoms with van der Waals surface area (Å²) in [5.41, 5.74) is 2.98. The largest absolute Gasteiger partial charge is 0.326 e. The topological polar surface area (TPSA) is 78.5 Å². The molecule has 0 atom stereocenters. The zero-order chi connectivity index (χ0) is 24.1. The molecule has 0 aromatic heterocycles. The van der Waals surface area contributed by atoms with E-state index in [1.165, 1.54) is 24.3 Å². The summed E-state index contributed by atoms with van der Waals surface area (Å²) < 4.78 is 41.1. The van der Waals surface area contributed by atoms with E-state index >= 15 is 0 Å². The molecule has 8 heteroatoms. The number of amides is 1. The van der Waals surface area contributed by atoms with E-state index < -0.39 is 10.0 Å². The molecule has 0 saturated carbocycles. The highest BCUT2D eigenvalue weighted by Gasteiger charge is 2.25. The normalized spacial score (nSPS) is 15.1. The molecule has 1 saturated heterocycles. The van der Waals surface area contributed by atoms with Crippen LogP contribution in [-0.2, 0) is 21.4 Å². The first-order valence-corrected chi connectivity index (χ1v) is 12.7. The van der Waals surface area contributed by atoms with Gasteiger partial charge in [-0.05, 0) is 86.4 Å². The summed E-state index contributed by atoms with van der Waals surface area (Å²) in [7, 11) is -3.72. The van der Waals surface area contributed by atoms with Gasteiger partial charge in [-0.3, -0.25) is 14.4 Å². The van der Waals surface area contributed by atoms with Gasteiger partial charge in [0.25, 0.3) is 10.0 Å². The van der Waals surface area contributed by atoms with Crippen molar-refractivity contribution < 1.29 is 17.6 Å². The van der Waals surface area contributed by atoms with Gasteiger partial charge >= 0.3 is 0 Å². The second kappa shape index (κ2) is 10.4. The Morgan fingerprint density at radius 1 is 0.971 bits per heavy atom. The van der Waals surface area contributed by atoms with Crippen molar-refractivity contribution in [1.82, 2.24) is 4.90 Å². The molecule has 178 valence electrons. The van der Waals surface area contributed by atoms with E-state index in [4.69, 9.17) is 0 Å². The molecular formula is C26H28FN3O3S. The summed E-state index contributed by atoms with van der Waals surface area (Å²) in [5.74, 6) is -0.405. The van der Waals surface area contributed by atoms with Crippen LogP contribution in [0.2, 0.25) is 0 Å². The quantitative estimate of drug-likeness (QED) is 0.509. The molecule has 1 aliphatic rings. The Morgan fingerprint density at radius 3 is 2.26 bits per heavy atom. The molecule has 3 aromatic carbocycles. The van der Waals surface area contributed by atoms with E-state index in [2.05, 4.69) is 14.9 Å². The summed E-state index contributed by atoms with van der Waals surface area (Å²) in [6.45, 7) is 4.15. The van der Waals surface area contributed by atoms with Gasteiger partial charge in [0, 0.05) is 18.2 Å².